The van der Waals surface area contributed by atoms with Crippen molar-refractivity contribution < 1.29 is 24.2 Å². The fourth-order valence-corrected chi connectivity index (χ4v) is 4.82. The fraction of sp³-hybridized carbons (Fsp3) is 0.636. The van der Waals surface area contributed by atoms with Crippen molar-refractivity contribution in [3.63, 3.8) is 0 Å². The van der Waals surface area contributed by atoms with Gasteiger partial charge in [0.25, 0.3) is 5.91 Å². The van der Waals surface area contributed by atoms with Crippen LogP contribution in [0, 0.1) is 5.92 Å². The summed E-state index contributed by atoms with van der Waals surface area (Å²) in [6.45, 7) is 4.47. The molecule has 0 spiro atoms. The number of nitrogens with zero attached hydrogens (tertiary/aromatic N) is 1. The molecule has 0 bridgehead atoms. The first-order valence-corrected chi connectivity index (χ1v) is 11.8. The molecule has 166 valence electrons. The maximum Gasteiger partial charge on any atom is 0.286 e. The van der Waals surface area contributed by atoms with Crippen LogP contribution in [0.1, 0.15) is 50.5 Å². The highest BCUT2D eigenvalue weighted by Crippen LogP contribution is 2.40. The molecule has 1 saturated heterocycles. The van der Waals surface area contributed by atoms with Gasteiger partial charge >= 0.3 is 0 Å². The molecule has 8 heteroatoms. The predicted molar refractivity (Wildman–Crippen MR) is 115 cm³/mol. The van der Waals surface area contributed by atoms with E-state index >= 15 is 0 Å². The van der Waals surface area contributed by atoms with Crippen LogP contribution in [-0.2, 0) is 19.1 Å². The first-order valence-electron chi connectivity index (χ1n) is 10.8. The summed E-state index contributed by atoms with van der Waals surface area (Å²) in [4.78, 5) is 26.3. The number of thiophene rings is 1. The third-order valence-electron chi connectivity index (χ3n) is 5.63. The van der Waals surface area contributed by atoms with Crippen LogP contribution in [0.4, 0.5) is 0 Å². The summed E-state index contributed by atoms with van der Waals surface area (Å²) in [6.07, 6.45) is 5.03. The van der Waals surface area contributed by atoms with Gasteiger partial charge in [0.2, 0.25) is 12.2 Å². The van der Waals surface area contributed by atoms with E-state index in [1.54, 1.807) is 11.3 Å². The Balaban J connectivity index is 1.64. The molecule has 0 unspecified atom stereocenters. The second kappa shape index (κ2) is 11.5. The zero-order valence-corrected chi connectivity index (χ0v) is 18.4. The smallest absolute Gasteiger partial charge is 0.286 e. The van der Waals surface area contributed by atoms with E-state index in [-0.39, 0.29) is 36.0 Å². The van der Waals surface area contributed by atoms with Crippen LogP contribution in [0.5, 0.6) is 0 Å². The van der Waals surface area contributed by atoms with E-state index in [9.17, 15) is 14.7 Å². The summed E-state index contributed by atoms with van der Waals surface area (Å²) in [5, 5.41) is 16.3. The van der Waals surface area contributed by atoms with Crippen molar-refractivity contribution in [3.05, 3.63) is 34.2 Å². The molecule has 0 radical (unpaired) electrons. The average molecular weight is 437 g/mol. The Kier molecular flexibility index (Phi) is 8.72. The van der Waals surface area contributed by atoms with E-state index in [1.165, 1.54) is 0 Å². The molecular formula is C22H32N2O5S. The van der Waals surface area contributed by atoms with Crippen molar-refractivity contribution in [2.24, 2.45) is 5.92 Å². The summed E-state index contributed by atoms with van der Waals surface area (Å²) < 4.78 is 11.8. The Morgan fingerprint density at radius 1 is 1.43 bits per heavy atom. The van der Waals surface area contributed by atoms with E-state index < -0.39 is 6.29 Å². The standard InChI is InChI=1S/C22H32N2O5S/c1-2-28-22-17(6-4-12-25)18(16-8-13-30-15-16)14-19(29-22)21(27)23-9-5-11-24-10-3-7-20(24)26/h8,13-15,17-18,22,25H,2-7,9-12H2,1H3,(H,23,27)/t17-,18-,22-/m1/s1. The molecule has 3 heterocycles. The van der Waals surface area contributed by atoms with Crippen LogP contribution < -0.4 is 5.32 Å². The Bertz CT molecular complexity index is 721. The zero-order chi connectivity index (χ0) is 21.3. The van der Waals surface area contributed by atoms with E-state index in [0.29, 0.717) is 39.0 Å². The summed E-state index contributed by atoms with van der Waals surface area (Å²) in [6, 6.07) is 2.06. The number of allylic oxidation sites excluding steroid dienone is 1. The molecule has 1 aromatic rings. The second-order valence-corrected chi connectivity index (χ2v) is 8.46. The first-order chi connectivity index (χ1) is 14.6. The number of ether oxygens (including phenoxy) is 2. The Labute approximate surface area is 182 Å². The van der Waals surface area contributed by atoms with Crippen LogP contribution in [0.2, 0.25) is 0 Å². The quantitative estimate of drug-likeness (QED) is 0.521. The lowest BCUT2D eigenvalue weighted by atomic mass is 9.81. The number of aliphatic hydroxyl groups is 1. The summed E-state index contributed by atoms with van der Waals surface area (Å²) in [7, 11) is 0. The molecule has 2 N–H and O–H groups in total. The van der Waals surface area contributed by atoms with Crippen molar-refractivity contribution in [1.29, 1.82) is 0 Å². The van der Waals surface area contributed by atoms with Crippen LogP contribution in [0.15, 0.2) is 28.7 Å². The van der Waals surface area contributed by atoms with Gasteiger partial charge in [-0.25, -0.2) is 0 Å². The number of hydrogen-bond acceptors (Lipinski definition) is 6. The number of amides is 2. The average Bonchev–Trinajstić information content (AvgIpc) is 3.42. The van der Waals surface area contributed by atoms with Gasteiger partial charge in [0.1, 0.15) is 0 Å². The highest BCUT2D eigenvalue weighted by atomic mass is 32.1. The lowest BCUT2D eigenvalue weighted by Gasteiger charge is -2.36. The molecule has 2 aliphatic heterocycles. The van der Waals surface area contributed by atoms with Crippen molar-refractivity contribution in [3.8, 4) is 0 Å². The van der Waals surface area contributed by atoms with E-state index in [1.807, 2.05) is 23.3 Å². The molecule has 7 nitrogen and oxygen atoms in total. The third kappa shape index (κ3) is 5.83. The zero-order valence-electron chi connectivity index (χ0n) is 17.5. The molecule has 30 heavy (non-hydrogen) atoms. The topological polar surface area (TPSA) is 88.1 Å². The number of rotatable bonds is 11. The van der Waals surface area contributed by atoms with Crippen LogP contribution in [0.25, 0.3) is 0 Å². The lowest BCUT2D eigenvalue weighted by Crippen LogP contribution is -2.39. The van der Waals surface area contributed by atoms with Crippen molar-refractivity contribution >= 4 is 23.2 Å². The molecule has 1 fully saturated rings. The summed E-state index contributed by atoms with van der Waals surface area (Å²) in [5.41, 5.74) is 1.13. The molecule has 2 amide bonds. The Morgan fingerprint density at radius 2 is 2.30 bits per heavy atom. The highest BCUT2D eigenvalue weighted by molar-refractivity contribution is 7.08. The van der Waals surface area contributed by atoms with Crippen molar-refractivity contribution in [1.82, 2.24) is 10.2 Å². The first kappa shape index (κ1) is 22.8. The van der Waals surface area contributed by atoms with Gasteiger partial charge in [-0.15, -0.1) is 0 Å². The largest absolute Gasteiger partial charge is 0.459 e. The third-order valence-corrected chi connectivity index (χ3v) is 6.33. The minimum Gasteiger partial charge on any atom is -0.459 e. The summed E-state index contributed by atoms with van der Waals surface area (Å²) >= 11 is 1.62. The fourth-order valence-electron chi connectivity index (χ4n) is 4.11. The van der Waals surface area contributed by atoms with E-state index in [0.717, 1.165) is 24.9 Å². The van der Waals surface area contributed by atoms with Crippen LogP contribution in [0.3, 0.4) is 0 Å². The van der Waals surface area contributed by atoms with Gasteiger partial charge in [-0.05, 0) is 61.1 Å². The SMILES string of the molecule is CCO[C@@H]1OC(C(=O)NCCCN2CCCC2=O)=C[C@H](c2ccsc2)[C@H]1CCCO. The molecule has 2 aliphatic rings. The number of carbonyl (C=O) groups excluding carboxylic acids is 2. The molecule has 0 saturated carbocycles. The molecular weight excluding hydrogens is 404 g/mol. The maximum absolute atomic E-state index is 12.8. The number of aliphatic hydroxyl groups excluding tert-OH is 1. The monoisotopic (exact) mass is 436 g/mol. The van der Waals surface area contributed by atoms with Gasteiger partial charge < -0.3 is 24.8 Å². The minimum atomic E-state index is -0.528. The van der Waals surface area contributed by atoms with Gasteiger partial charge in [-0.1, -0.05) is 0 Å². The molecule has 3 rings (SSSR count). The predicted octanol–water partition coefficient (Wildman–Crippen LogP) is 2.63. The molecule has 3 atom stereocenters. The summed E-state index contributed by atoms with van der Waals surface area (Å²) in [5.74, 6) is 0.252. The second-order valence-electron chi connectivity index (χ2n) is 7.68. The molecule has 0 aromatic carbocycles. The van der Waals surface area contributed by atoms with Crippen molar-refractivity contribution in [2.45, 2.75) is 51.2 Å². The highest BCUT2D eigenvalue weighted by Gasteiger charge is 2.37. The number of carbonyl (C=O) groups is 2. The van der Waals surface area contributed by atoms with Gasteiger partial charge in [0, 0.05) is 51.1 Å². The molecule has 1 aromatic heterocycles. The van der Waals surface area contributed by atoms with E-state index in [2.05, 4.69) is 16.8 Å². The van der Waals surface area contributed by atoms with Gasteiger partial charge in [0.05, 0.1) is 0 Å². The van der Waals surface area contributed by atoms with Crippen molar-refractivity contribution in [2.75, 3.05) is 32.8 Å². The van der Waals surface area contributed by atoms with Gasteiger partial charge in [-0.2, -0.15) is 11.3 Å². The number of likely N-dealkylation sites (tertiary alicyclic amines) is 1. The minimum absolute atomic E-state index is 0.00364. The number of nitrogens with one attached hydrogen (secondary N) is 1. The van der Waals surface area contributed by atoms with Crippen LogP contribution in [-0.4, -0.2) is 61.0 Å². The number of hydrogen-bond donors (Lipinski definition) is 2. The maximum atomic E-state index is 12.8. The van der Waals surface area contributed by atoms with Crippen LogP contribution >= 0.6 is 11.3 Å². The van der Waals surface area contributed by atoms with Gasteiger partial charge in [-0.3, -0.25) is 9.59 Å². The normalized spacial score (nSPS) is 23.9. The molecule has 0 aliphatic carbocycles. The van der Waals surface area contributed by atoms with Gasteiger partial charge in [0.15, 0.2) is 5.76 Å². The lowest BCUT2D eigenvalue weighted by molar-refractivity contribution is -0.166. The Hall–Kier alpha value is -1.90. The Morgan fingerprint density at radius 3 is 2.97 bits per heavy atom. The van der Waals surface area contributed by atoms with E-state index in [4.69, 9.17) is 9.47 Å².